The highest BCUT2D eigenvalue weighted by molar-refractivity contribution is 14.1. The predicted octanol–water partition coefficient (Wildman–Crippen LogP) is 3.59. The van der Waals surface area contributed by atoms with Gasteiger partial charge in [-0.05, 0) is 52.9 Å². The van der Waals surface area contributed by atoms with Gasteiger partial charge in [-0.3, -0.25) is 14.9 Å². The number of nitro benzene ring substituents is 1. The molecular formula is C13H8FIN2O3. The van der Waals surface area contributed by atoms with Crippen molar-refractivity contribution in [1.82, 2.24) is 0 Å². The Balaban J connectivity index is 2.22. The lowest BCUT2D eigenvalue weighted by atomic mass is 10.2. The van der Waals surface area contributed by atoms with Gasteiger partial charge < -0.3 is 5.32 Å². The Morgan fingerprint density at radius 3 is 2.60 bits per heavy atom. The van der Waals surface area contributed by atoms with E-state index in [-0.39, 0.29) is 5.56 Å². The minimum Gasteiger partial charge on any atom is -0.322 e. The Morgan fingerprint density at radius 2 is 2.00 bits per heavy atom. The molecule has 0 fully saturated rings. The van der Waals surface area contributed by atoms with Gasteiger partial charge in [0, 0.05) is 20.9 Å². The molecule has 0 spiro atoms. The zero-order valence-electron chi connectivity index (χ0n) is 9.97. The first-order valence-electron chi connectivity index (χ1n) is 5.48. The van der Waals surface area contributed by atoms with Gasteiger partial charge in [0.15, 0.2) is 0 Å². The summed E-state index contributed by atoms with van der Waals surface area (Å²) in [6.45, 7) is 0. The molecule has 20 heavy (non-hydrogen) atoms. The van der Waals surface area contributed by atoms with E-state index in [1.165, 1.54) is 6.07 Å². The molecule has 0 radical (unpaired) electrons. The van der Waals surface area contributed by atoms with Crippen LogP contribution in [0.4, 0.5) is 15.8 Å². The highest BCUT2D eigenvalue weighted by Gasteiger charge is 2.16. The van der Waals surface area contributed by atoms with E-state index < -0.39 is 22.3 Å². The van der Waals surface area contributed by atoms with Crippen LogP contribution in [0, 0.1) is 19.5 Å². The first-order chi connectivity index (χ1) is 9.47. The molecule has 1 N–H and O–H groups in total. The van der Waals surface area contributed by atoms with E-state index >= 15 is 0 Å². The lowest BCUT2D eigenvalue weighted by Crippen LogP contribution is -2.12. The molecule has 0 saturated carbocycles. The second-order valence-corrected chi connectivity index (χ2v) is 5.13. The SMILES string of the molecule is O=C(Nc1cccc(I)c1)c1ccc([N+](=O)[O-])c(F)c1. The molecule has 0 unspecified atom stereocenters. The zero-order valence-corrected chi connectivity index (χ0v) is 12.1. The summed E-state index contributed by atoms with van der Waals surface area (Å²) >= 11 is 2.10. The summed E-state index contributed by atoms with van der Waals surface area (Å²) in [5.74, 6) is -1.56. The minimum absolute atomic E-state index is 0.0203. The van der Waals surface area contributed by atoms with Gasteiger partial charge in [0.1, 0.15) is 0 Å². The van der Waals surface area contributed by atoms with Gasteiger partial charge in [-0.25, -0.2) is 0 Å². The number of nitrogens with one attached hydrogen (secondary N) is 1. The third-order valence-electron chi connectivity index (χ3n) is 2.49. The van der Waals surface area contributed by atoms with Crippen LogP contribution in [0.15, 0.2) is 42.5 Å². The fourth-order valence-corrected chi connectivity index (χ4v) is 2.11. The third-order valence-corrected chi connectivity index (χ3v) is 3.16. The molecule has 7 heteroatoms. The van der Waals surface area contributed by atoms with Crippen molar-refractivity contribution >= 4 is 39.9 Å². The predicted molar refractivity (Wildman–Crippen MR) is 80.2 cm³/mol. The van der Waals surface area contributed by atoms with Crippen LogP contribution in [0.5, 0.6) is 0 Å². The van der Waals surface area contributed by atoms with Crippen molar-refractivity contribution in [2.24, 2.45) is 0 Å². The van der Waals surface area contributed by atoms with E-state index in [0.29, 0.717) is 5.69 Å². The minimum atomic E-state index is -1.04. The van der Waals surface area contributed by atoms with Crippen LogP contribution in [0.1, 0.15) is 10.4 Å². The van der Waals surface area contributed by atoms with Crippen LogP contribution >= 0.6 is 22.6 Å². The van der Waals surface area contributed by atoms with Gasteiger partial charge in [-0.2, -0.15) is 4.39 Å². The normalized spacial score (nSPS) is 10.1. The van der Waals surface area contributed by atoms with Gasteiger partial charge in [0.2, 0.25) is 5.82 Å². The molecule has 0 aliphatic heterocycles. The van der Waals surface area contributed by atoms with Gasteiger partial charge in [0.25, 0.3) is 5.91 Å². The number of carbonyl (C=O) groups excluding carboxylic acids is 1. The molecule has 1 amide bonds. The fraction of sp³-hybridized carbons (Fsp3) is 0. The van der Waals surface area contributed by atoms with Crippen LogP contribution in [0.2, 0.25) is 0 Å². The van der Waals surface area contributed by atoms with Crippen LogP contribution in [0.25, 0.3) is 0 Å². The Hall–Kier alpha value is -2.03. The number of carbonyl (C=O) groups is 1. The smallest absolute Gasteiger partial charge is 0.304 e. The highest BCUT2D eigenvalue weighted by atomic mass is 127. The number of benzene rings is 2. The van der Waals surface area contributed by atoms with Crippen LogP contribution < -0.4 is 5.32 Å². The van der Waals surface area contributed by atoms with E-state index in [4.69, 9.17) is 0 Å². The maximum Gasteiger partial charge on any atom is 0.304 e. The number of rotatable bonds is 3. The van der Waals surface area contributed by atoms with Crippen LogP contribution in [-0.4, -0.2) is 10.8 Å². The average Bonchev–Trinajstić information content (AvgIpc) is 2.38. The molecular weight excluding hydrogens is 378 g/mol. The van der Waals surface area contributed by atoms with Crippen molar-refractivity contribution in [3.05, 3.63) is 67.5 Å². The molecule has 0 atom stereocenters. The van der Waals surface area contributed by atoms with Crippen molar-refractivity contribution in [2.75, 3.05) is 5.32 Å². The summed E-state index contributed by atoms with van der Waals surface area (Å²) in [5.41, 5.74) is -0.0663. The highest BCUT2D eigenvalue weighted by Crippen LogP contribution is 2.19. The number of hydrogen-bond donors (Lipinski definition) is 1. The molecule has 0 aliphatic carbocycles. The molecule has 0 bridgehead atoms. The molecule has 2 aromatic rings. The first-order valence-corrected chi connectivity index (χ1v) is 6.56. The summed E-state index contributed by atoms with van der Waals surface area (Å²) in [4.78, 5) is 21.6. The van der Waals surface area contributed by atoms with E-state index in [2.05, 4.69) is 27.9 Å². The zero-order chi connectivity index (χ0) is 14.7. The lowest BCUT2D eigenvalue weighted by Gasteiger charge is -2.05. The first kappa shape index (κ1) is 14.4. The van der Waals surface area contributed by atoms with Crippen LogP contribution in [0.3, 0.4) is 0 Å². The van der Waals surface area contributed by atoms with E-state index in [1.54, 1.807) is 18.2 Å². The maximum atomic E-state index is 13.4. The number of hydrogen-bond acceptors (Lipinski definition) is 3. The molecule has 0 aromatic heterocycles. The third kappa shape index (κ3) is 3.29. The van der Waals surface area contributed by atoms with E-state index in [1.807, 2.05) is 6.07 Å². The topological polar surface area (TPSA) is 72.2 Å². The summed E-state index contributed by atoms with van der Waals surface area (Å²) in [7, 11) is 0. The van der Waals surface area contributed by atoms with Crippen molar-refractivity contribution in [3.63, 3.8) is 0 Å². The lowest BCUT2D eigenvalue weighted by molar-refractivity contribution is -0.387. The standard InChI is InChI=1S/C13H8FIN2O3/c14-11-6-8(4-5-12(11)17(19)20)13(18)16-10-3-1-2-9(15)7-10/h1-7H,(H,16,18). The molecule has 102 valence electrons. The van der Waals surface area contributed by atoms with Crippen molar-refractivity contribution in [2.45, 2.75) is 0 Å². The Labute approximate surface area is 127 Å². The largest absolute Gasteiger partial charge is 0.322 e. The molecule has 0 saturated heterocycles. The molecule has 2 rings (SSSR count). The number of anilines is 1. The quantitative estimate of drug-likeness (QED) is 0.498. The van der Waals surface area contributed by atoms with Crippen molar-refractivity contribution < 1.29 is 14.1 Å². The number of nitro groups is 1. The van der Waals surface area contributed by atoms with Gasteiger partial charge >= 0.3 is 5.69 Å². The monoisotopic (exact) mass is 386 g/mol. The summed E-state index contributed by atoms with van der Waals surface area (Å²) in [6, 6.07) is 10.1. The van der Waals surface area contributed by atoms with E-state index in [9.17, 15) is 19.3 Å². The number of amides is 1. The molecule has 2 aromatic carbocycles. The van der Waals surface area contributed by atoms with Crippen molar-refractivity contribution in [3.8, 4) is 0 Å². The number of halogens is 2. The average molecular weight is 386 g/mol. The Morgan fingerprint density at radius 1 is 1.25 bits per heavy atom. The van der Waals surface area contributed by atoms with Crippen LogP contribution in [-0.2, 0) is 0 Å². The Kier molecular flexibility index (Phi) is 4.28. The second kappa shape index (κ2) is 5.95. The second-order valence-electron chi connectivity index (χ2n) is 3.89. The fourth-order valence-electron chi connectivity index (χ4n) is 1.57. The summed E-state index contributed by atoms with van der Waals surface area (Å²) < 4.78 is 14.4. The van der Waals surface area contributed by atoms with Gasteiger partial charge in [-0.1, -0.05) is 6.07 Å². The molecule has 0 heterocycles. The Bertz CT molecular complexity index is 691. The van der Waals surface area contributed by atoms with Gasteiger partial charge in [0.05, 0.1) is 4.92 Å². The molecule has 0 aliphatic rings. The van der Waals surface area contributed by atoms with Gasteiger partial charge in [-0.15, -0.1) is 0 Å². The van der Waals surface area contributed by atoms with E-state index in [0.717, 1.165) is 15.7 Å². The number of nitrogens with zero attached hydrogens (tertiary/aromatic N) is 1. The summed E-state index contributed by atoms with van der Waals surface area (Å²) in [6.07, 6.45) is 0. The molecule has 5 nitrogen and oxygen atoms in total. The maximum absolute atomic E-state index is 13.4. The van der Waals surface area contributed by atoms with Crippen molar-refractivity contribution in [1.29, 1.82) is 0 Å². The summed E-state index contributed by atoms with van der Waals surface area (Å²) in [5, 5.41) is 13.1.